The Kier molecular flexibility index (Phi) is 2.23. The zero-order valence-corrected chi connectivity index (χ0v) is 8.06. The van der Waals surface area contributed by atoms with Crippen LogP contribution < -0.4 is 0 Å². The van der Waals surface area contributed by atoms with Gasteiger partial charge in [-0.3, -0.25) is 0 Å². The van der Waals surface area contributed by atoms with Gasteiger partial charge in [-0.1, -0.05) is 0 Å². The zero-order chi connectivity index (χ0) is 5.33. The Morgan fingerprint density at radius 2 is 2.14 bits per heavy atom. The van der Waals surface area contributed by atoms with Gasteiger partial charge in [0.1, 0.15) is 0 Å². The number of hydrogen-bond donors (Lipinski definition) is 0. The van der Waals surface area contributed by atoms with Gasteiger partial charge in [0, 0.05) is 0 Å². The molecule has 7 heavy (non-hydrogen) atoms. The van der Waals surface area contributed by atoms with Crippen LogP contribution in [0.4, 0.5) is 0 Å². The minimum absolute atomic E-state index is 0.228. The summed E-state index contributed by atoms with van der Waals surface area (Å²) in [6, 6.07) is 0. The molecule has 0 radical (unpaired) electrons. The number of rotatable bonds is 0. The Hall–Kier alpha value is 1.46. The summed E-state index contributed by atoms with van der Waals surface area (Å²) in [6.07, 6.45) is 4.46. The fourth-order valence-electron chi connectivity index (χ4n) is 0.621. The van der Waals surface area contributed by atoms with Gasteiger partial charge in [-0.25, -0.2) is 0 Å². The Labute approximate surface area is 56.9 Å². The molecule has 0 bridgehead atoms. The van der Waals surface area contributed by atoms with Crippen LogP contribution >= 0.6 is 13.9 Å². The van der Waals surface area contributed by atoms with E-state index in [-0.39, 0.29) is 22.3 Å². The van der Waals surface area contributed by atoms with Crippen LogP contribution in [0.2, 0.25) is 0 Å². The summed E-state index contributed by atoms with van der Waals surface area (Å²) in [5.41, 5.74) is 0. The van der Waals surface area contributed by atoms with Gasteiger partial charge in [-0.05, 0) is 0 Å². The van der Waals surface area contributed by atoms with Crippen molar-refractivity contribution in [2.45, 2.75) is 6.42 Å². The fourth-order valence-corrected chi connectivity index (χ4v) is 7.52. The molecule has 0 aliphatic carbocycles. The molecule has 0 amide bonds. The van der Waals surface area contributed by atoms with Crippen molar-refractivity contribution < 1.29 is 17.6 Å². The molecule has 3 heteroatoms. The molecule has 1 aliphatic heterocycles. The molecule has 1 aliphatic rings. The van der Waals surface area contributed by atoms with Crippen molar-refractivity contribution in [3.05, 3.63) is 0 Å². The summed E-state index contributed by atoms with van der Waals surface area (Å²) in [5, 5.41) is 0. The molecule has 0 unspecified atom stereocenters. The second kappa shape index (κ2) is 2.37. The third-order valence-corrected chi connectivity index (χ3v) is 15.6. The summed E-state index contributed by atoms with van der Waals surface area (Å²) in [7, 11) is 5.79. The van der Waals surface area contributed by atoms with Gasteiger partial charge in [-0.15, -0.1) is 0 Å². The van der Waals surface area contributed by atoms with Crippen molar-refractivity contribution >= 4 is 13.9 Å². The molecule has 1 heterocycles. The van der Waals surface area contributed by atoms with Crippen molar-refractivity contribution in [2.24, 2.45) is 0 Å². The van der Waals surface area contributed by atoms with E-state index in [1.807, 2.05) is 0 Å². The van der Waals surface area contributed by atoms with E-state index in [4.69, 9.17) is 9.19 Å². The minimum atomic E-state index is -0.361. The van der Waals surface area contributed by atoms with E-state index in [1.165, 1.54) is 18.7 Å². The third-order valence-electron chi connectivity index (χ3n) is 1.34. The van der Waals surface area contributed by atoms with E-state index in [0.717, 1.165) is 0 Å². The van der Waals surface area contributed by atoms with Crippen molar-refractivity contribution in [3.8, 4) is 0 Å². The Morgan fingerprint density at radius 3 is 2.14 bits per heavy atom. The van der Waals surface area contributed by atoms with Crippen molar-refractivity contribution in [1.82, 2.24) is 0 Å². The molecule has 0 aromatic rings. The van der Waals surface area contributed by atoms with E-state index in [0.29, 0.717) is 0 Å². The molecule has 1 fully saturated rings. The monoisotopic (exact) mass is 320 g/mol. The summed E-state index contributed by atoms with van der Waals surface area (Å²) in [5.74, 6) is 0. The van der Waals surface area contributed by atoms with Crippen LogP contribution in [0.1, 0.15) is 6.42 Å². The van der Waals surface area contributed by atoms with E-state index in [1.54, 1.807) is 0 Å². The summed E-state index contributed by atoms with van der Waals surface area (Å²) in [4.78, 5) is 0. The average molecular weight is 321 g/mol. The van der Waals surface area contributed by atoms with E-state index < -0.39 is 0 Å². The molecule has 0 atom stereocenters. The summed E-state index contributed by atoms with van der Waals surface area (Å²) >= 11 is 0.228. The molecule has 0 aromatic carbocycles. The predicted octanol–water partition coefficient (Wildman–Crippen LogP) is 2.19. The fraction of sp³-hybridized carbons (Fsp3) is 1.00. The maximum atomic E-state index is 5.79. The first-order valence-corrected chi connectivity index (χ1v) is 10.3. The van der Waals surface area contributed by atoms with E-state index >= 15 is 0 Å². The van der Waals surface area contributed by atoms with Crippen molar-refractivity contribution in [2.75, 3.05) is 19.0 Å². The van der Waals surface area contributed by atoms with Crippen LogP contribution in [0.15, 0.2) is 0 Å². The van der Waals surface area contributed by atoms with Crippen molar-refractivity contribution in [3.63, 3.8) is 0 Å². The SMILES string of the molecule is C[P]1(=[Au][Cl])CCC1. The maximum absolute atomic E-state index is 5.79. The van der Waals surface area contributed by atoms with Gasteiger partial charge in [0.15, 0.2) is 0 Å². The Balaban J connectivity index is 2.61. The van der Waals surface area contributed by atoms with Crippen LogP contribution in [0.25, 0.3) is 0 Å². The second-order valence-corrected chi connectivity index (χ2v) is 16.0. The molecule has 1 saturated heterocycles. The molecule has 0 N–H and O–H groups in total. The van der Waals surface area contributed by atoms with E-state index in [9.17, 15) is 0 Å². The van der Waals surface area contributed by atoms with Crippen LogP contribution in [0, 0.1) is 0 Å². The molecular weight excluding hydrogens is 311 g/mol. The Bertz CT molecular complexity index is 113. The van der Waals surface area contributed by atoms with Crippen molar-refractivity contribution in [1.29, 1.82) is 0 Å². The number of hydrogen-bond acceptors (Lipinski definition) is 0. The second-order valence-electron chi connectivity index (χ2n) is 2.03. The average Bonchev–Trinajstić information content (AvgIpc) is 1.61. The van der Waals surface area contributed by atoms with Gasteiger partial charge in [0.05, 0.1) is 0 Å². The van der Waals surface area contributed by atoms with Gasteiger partial charge >= 0.3 is 56.9 Å². The normalized spacial score (nSPS) is 27.1. The molecule has 0 nitrogen and oxygen atoms in total. The van der Waals surface area contributed by atoms with Gasteiger partial charge in [0.2, 0.25) is 0 Å². The first-order chi connectivity index (χ1) is 3.27. The first-order valence-electron chi connectivity index (χ1n) is 2.33. The van der Waals surface area contributed by atoms with Crippen LogP contribution in [0.3, 0.4) is 0 Å². The molecule has 1 rings (SSSR count). The van der Waals surface area contributed by atoms with Gasteiger partial charge in [0.25, 0.3) is 0 Å². The molecular formula is C4H9AuClP. The summed E-state index contributed by atoms with van der Waals surface area (Å²) < 4.78 is -0.361. The van der Waals surface area contributed by atoms with Crippen LogP contribution in [-0.2, 0) is 17.6 Å². The van der Waals surface area contributed by atoms with Crippen LogP contribution in [0.5, 0.6) is 0 Å². The number of halogens is 1. The standard InChI is InChI=1S/C4H9P.Au.ClH/c1-5-3-2-4-5;;/h2-4H2,1H3;;1H/q;+1;/p-1. The van der Waals surface area contributed by atoms with Crippen LogP contribution in [-0.4, -0.2) is 19.0 Å². The van der Waals surface area contributed by atoms with E-state index in [2.05, 4.69) is 6.66 Å². The molecule has 0 saturated carbocycles. The zero-order valence-electron chi connectivity index (χ0n) is 4.25. The third kappa shape index (κ3) is 1.43. The Morgan fingerprint density at radius 1 is 1.57 bits per heavy atom. The molecule has 48 valence electrons. The molecule has 0 aromatic heterocycles. The predicted molar refractivity (Wildman–Crippen MR) is 33.0 cm³/mol. The van der Waals surface area contributed by atoms with Gasteiger partial charge < -0.3 is 0 Å². The topological polar surface area (TPSA) is 0 Å². The quantitative estimate of drug-likeness (QED) is 0.474. The molecule has 0 spiro atoms. The first kappa shape index (κ1) is 6.58. The van der Waals surface area contributed by atoms with Gasteiger partial charge in [-0.2, -0.15) is 0 Å². The summed E-state index contributed by atoms with van der Waals surface area (Å²) in [6.45, 7) is 2.41.